The molecule has 25 heavy (non-hydrogen) atoms. The molecular weight excluding hydrogens is 337 g/mol. The first-order chi connectivity index (χ1) is 11.8. The van der Waals surface area contributed by atoms with Crippen molar-refractivity contribution in [3.63, 3.8) is 0 Å². The monoisotopic (exact) mass is 358 g/mol. The molecule has 1 aromatic rings. The highest BCUT2D eigenvalue weighted by Crippen LogP contribution is 2.24. The molecule has 1 aliphatic rings. The maximum Gasteiger partial charge on any atom is 0.471 e. The van der Waals surface area contributed by atoms with Gasteiger partial charge in [0.1, 0.15) is 5.75 Å². The number of rotatable bonds is 5. The molecule has 2 rings (SSSR count). The van der Waals surface area contributed by atoms with Gasteiger partial charge in [-0.3, -0.25) is 9.59 Å². The van der Waals surface area contributed by atoms with Gasteiger partial charge in [0.15, 0.2) is 0 Å². The minimum atomic E-state index is -4.86. The zero-order valence-corrected chi connectivity index (χ0v) is 13.7. The number of carbonyl (C=O) groups excluding carboxylic acids is 2. The predicted octanol–water partition coefficient (Wildman–Crippen LogP) is 2.24. The summed E-state index contributed by atoms with van der Waals surface area (Å²) < 4.78 is 37.1. The van der Waals surface area contributed by atoms with E-state index in [2.05, 4.69) is 5.32 Å². The number of piperidine rings is 1. The third kappa shape index (κ3) is 5.65. The highest BCUT2D eigenvalue weighted by molar-refractivity contribution is 5.83. The van der Waals surface area contributed by atoms with Gasteiger partial charge in [0.25, 0.3) is 0 Å². The molecule has 8 heteroatoms. The van der Waals surface area contributed by atoms with E-state index < -0.39 is 12.1 Å². The lowest BCUT2D eigenvalue weighted by molar-refractivity contribution is -0.186. The van der Waals surface area contributed by atoms with Crippen LogP contribution in [0.25, 0.3) is 0 Å². The van der Waals surface area contributed by atoms with Crippen molar-refractivity contribution in [2.75, 3.05) is 19.6 Å². The summed E-state index contributed by atoms with van der Waals surface area (Å²) in [4.78, 5) is 24.0. The predicted molar refractivity (Wildman–Crippen MR) is 84.8 cm³/mol. The molecule has 0 radical (unpaired) electrons. The van der Waals surface area contributed by atoms with Gasteiger partial charge >= 0.3 is 12.1 Å². The van der Waals surface area contributed by atoms with Gasteiger partial charge in [-0.1, -0.05) is 12.1 Å². The minimum absolute atomic E-state index is 0.0516. The second-order valence-corrected chi connectivity index (χ2v) is 6.13. The zero-order chi connectivity index (χ0) is 18.4. The van der Waals surface area contributed by atoms with Gasteiger partial charge in [0, 0.05) is 25.6 Å². The van der Waals surface area contributed by atoms with Crippen LogP contribution in [-0.2, 0) is 16.0 Å². The molecule has 1 fully saturated rings. The molecule has 0 spiro atoms. The second kappa shape index (κ2) is 8.22. The van der Waals surface area contributed by atoms with Crippen LogP contribution in [0, 0.1) is 5.92 Å². The fourth-order valence-electron chi connectivity index (χ4n) is 2.84. The average Bonchev–Trinajstić information content (AvgIpc) is 2.58. The van der Waals surface area contributed by atoms with Crippen molar-refractivity contribution in [3.8, 4) is 5.75 Å². The first-order valence-electron chi connectivity index (χ1n) is 8.19. The number of likely N-dealkylation sites (tertiary alicyclic amines) is 1. The number of hydrogen-bond acceptors (Lipinski definition) is 3. The van der Waals surface area contributed by atoms with Crippen LogP contribution in [0.1, 0.15) is 24.8 Å². The highest BCUT2D eigenvalue weighted by Gasteiger charge is 2.43. The van der Waals surface area contributed by atoms with Crippen molar-refractivity contribution in [1.82, 2.24) is 10.2 Å². The van der Waals surface area contributed by atoms with Crippen molar-refractivity contribution in [2.45, 2.75) is 31.9 Å². The number of aromatic hydroxyl groups is 1. The summed E-state index contributed by atoms with van der Waals surface area (Å²) in [6.07, 6.45) is -2.90. The fraction of sp³-hybridized carbons (Fsp3) is 0.529. The van der Waals surface area contributed by atoms with Crippen molar-refractivity contribution < 1.29 is 27.9 Å². The largest absolute Gasteiger partial charge is 0.508 e. The molecule has 0 saturated carbocycles. The first kappa shape index (κ1) is 19.1. The molecule has 138 valence electrons. The van der Waals surface area contributed by atoms with Crippen molar-refractivity contribution in [2.24, 2.45) is 5.92 Å². The second-order valence-electron chi connectivity index (χ2n) is 6.13. The maximum atomic E-state index is 12.4. The Balaban J connectivity index is 1.67. The summed E-state index contributed by atoms with van der Waals surface area (Å²) in [5.74, 6) is -2.16. The van der Waals surface area contributed by atoms with Crippen LogP contribution in [0.15, 0.2) is 24.3 Å². The van der Waals surface area contributed by atoms with Crippen LogP contribution in [0.3, 0.4) is 0 Å². The Morgan fingerprint density at radius 1 is 1.16 bits per heavy atom. The molecule has 0 unspecified atom stereocenters. The number of nitrogens with zero attached hydrogens (tertiary/aromatic N) is 1. The quantitative estimate of drug-likeness (QED) is 0.793. The Bertz CT molecular complexity index is 594. The van der Waals surface area contributed by atoms with Crippen molar-refractivity contribution in [3.05, 3.63) is 29.8 Å². The number of hydrogen-bond donors (Lipinski definition) is 2. The van der Waals surface area contributed by atoms with E-state index in [9.17, 15) is 27.9 Å². The molecule has 2 amide bonds. The van der Waals surface area contributed by atoms with E-state index in [1.165, 1.54) is 0 Å². The topological polar surface area (TPSA) is 69.6 Å². The highest BCUT2D eigenvalue weighted by atomic mass is 19.4. The molecular formula is C17H21F3N2O3. The van der Waals surface area contributed by atoms with Crippen LogP contribution in [0.2, 0.25) is 0 Å². The Labute approximate surface area is 143 Å². The Hall–Kier alpha value is -2.25. The summed E-state index contributed by atoms with van der Waals surface area (Å²) >= 11 is 0. The van der Waals surface area contributed by atoms with Gasteiger partial charge < -0.3 is 15.3 Å². The third-order valence-corrected chi connectivity index (χ3v) is 4.27. The first-order valence-corrected chi connectivity index (χ1v) is 8.19. The number of aryl methyl sites for hydroxylation is 1. The van der Waals surface area contributed by atoms with Gasteiger partial charge in [0.2, 0.25) is 5.91 Å². The van der Waals surface area contributed by atoms with Crippen LogP contribution in [0.4, 0.5) is 13.2 Å². The Morgan fingerprint density at radius 3 is 2.32 bits per heavy atom. The molecule has 5 nitrogen and oxygen atoms in total. The van der Waals surface area contributed by atoms with Crippen LogP contribution in [-0.4, -0.2) is 47.6 Å². The van der Waals surface area contributed by atoms with Gasteiger partial charge in [-0.25, -0.2) is 0 Å². The fourth-order valence-corrected chi connectivity index (χ4v) is 2.84. The van der Waals surface area contributed by atoms with Gasteiger partial charge in [-0.15, -0.1) is 0 Å². The smallest absolute Gasteiger partial charge is 0.471 e. The number of nitrogens with one attached hydrogen (secondary N) is 1. The summed E-state index contributed by atoms with van der Waals surface area (Å²) in [5, 5.41) is 12.0. The third-order valence-electron chi connectivity index (χ3n) is 4.27. The summed E-state index contributed by atoms with van der Waals surface area (Å²) in [5.41, 5.74) is 1.05. The van der Waals surface area contributed by atoms with Crippen LogP contribution in [0.5, 0.6) is 5.75 Å². The summed E-state index contributed by atoms with van der Waals surface area (Å²) in [7, 11) is 0. The van der Waals surface area contributed by atoms with Gasteiger partial charge in [0.05, 0.1) is 0 Å². The number of phenolic OH excluding ortho intramolecular Hbond substituents is 1. The lowest BCUT2D eigenvalue weighted by Crippen LogP contribution is -2.47. The Morgan fingerprint density at radius 2 is 1.76 bits per heavy atom. The molecule has 1 aromatic carbocycles. The molecule has 1 heterocycles. The number of amides is 2. The lowest BCUT2D eigenvalue weighted by Gasteiger charge is -2.31. The maximum absolute atomic E-state index is 12.4. The SMILES string of the molecule is O=C(NCCCc1ccc(O)cc1)C1CCN(C(=O)C(F)(F)F)CC1. The molecule has 0 atom stereocenters. The summed E-state index contributed by atoms with van der Waals surface area (Å²) in [6, 6.07) is 6.82. The van der Waals surface area contributed by atoms with E-state index in [-0.39, 0.29) is 43.5 Å². The van der Waals surface area contributed by atoms with Gasteiger partial charge in [-0.05, 0) is 43.4 Å². The number of alkyl halides is 3. The minimum Gasteiger partial charge on any atom is -0.508 e. The average molecular weight is 358 g/mol. The van der Waals surface area contributed by atoms with Crippen LogP contribution < -0.4 is 5.32 Å². The number of phenols is 1. The van der Waals surface area contributed by atoms with E-state index in [1.54, 1.807) is 12.1 Å². The van der Waals surface area contributed by atoms with E-state index in [0.717, 1.165) is 23.3 Å². The summed E-state index contributed by atoms with van der Waals surface area (Å²) in [6.45, 7) is 0.370. The van der Waals surface area contributed by atoms with E-state index in [0.29, 0.717) is 6.54 Å². The lowest BCUT2D eigenvalue weighted by atomic mass is 9.95. The molecule has 0 aromatic heterocycles. The van der Waals surface area contributed by atoms with Crippen LogP contribution >= 0.6 is 0 Å². The molecule has 2 N–H and O–H groups in total. The van der Waals surface area contributed by atoms with E-state index >= 15 is 0 Å². The molecule has 0 bridgehead atoms. The molecule has 0 aliphatic carbocycles. The molecule has 1 saturated heterocycles. The van der Waals surface area contributed by atoms with Crippen molar-refractivity contribution >= 4 is 11.8 Å². The van der Waals surface area contributed by atoms with Gasteiger partial charge in [-0.2, -0.15) is 13.2 Å². The standard InChI is InChI=1S/C17H21F3N2O3/c18-17(19,20)16(25)22-10-7-13(8-11-22)15(24)21-9-1-2-12-3-5-14(23)6-4-12/h3-6,13,23H,1-2,7-11H2,(H,21,24). The Kier molecular flexibility index (Phi) is 6.27. The normalized spacial score (nSPS) is 15.9. The number of carbonyl (C=O) groups is 2. The molecule has 1 aliphatic heterocycles. The van der Waals surface area contributed by atoms with E-state index in [1.807, 2.05) is 12.1 Å². The van der Waals surface area contributed by atoms with Crippen molar-refractivity contribution in [1.29, 1.82) is 0 Å². The zero-order valence-electron chi connectivity index (χ0n) is 13.7. The number of benzene rings is 1. The number of halogens is 3. The van der Waals surface area contributed by atoms with E-state index in [4.69, 9.17) is 0 Å².